The summed E-state index contributed by atoms with van der Waals surface area (Å²) in [7, 11) is 3.69. The van der Waals surface area contributed by atoms with Crippen LogP contribution in [-0.2, 0) is 0 Å². The van der Waals surface area contributed by atoms with Crippen molar-refractivity contribution in [3.63, 3.8) is 0 Å². The minimum Gasteiger partial charge on any atom is -0.364 e. The van der Waals surface area contributed by atoms with Crippen LogP contribution in [0.5, 0.6) is 0 Å². The van der Waals surface area contributed by atoms with Crippen LogP contribution in [0.3, 0.4) is 0 Å². The molecule has 0 fully saturated rings. The van der Waals surface area contributed by atoms with Crippen LogP contribution in [0.2, 0.25) is 0 Å². The molecule has 1 rings (SSSR count). The Labute approximate surface area is 116 Å². The second kappa shape index (κ2) is 6.66. The van der Waals surface area contributed by atoms with Crippen LogP contribution in [0.4, 0.5) is 4.39 Å². The fraction of sp³-hybridized carbons (Fsp3) is 0.231. The van der Waals surface area contributed by atoms with E-state index >= 15 is 0 Å². The largest absolute Gasteiger partial charge is 0.364 e. The number of Topliss-reactive ketones (excluding diaryl/α,β-unsaturated/α-hetero) is 1. The molecule has 0 atom stereocenters. The molecule has 1 aromatic rings. The van der Waals surface area contributed by atoms with Crippen LogP contribution in [-0.4, -0.2) is 34.9 Å². The quantitative estimate of drug-likeness (QED) is 0.480. The summed E-state index contributed by atoms with van der Waals surface area (Å²) in [6.07, 6.45) is 0. The van der Waals surface area contributed by atoms with E-state index in [-0.39, 0.29) is 11.6 Å². The number of thiocarbonyl (C=S) groups is 1. The number of thioether (sulfide) groups is 1. The van der Waals surface area contributed by atoms with E-state index in [1.54, 1.807) is 4.90 Å². The molecule has 0 aliphatic rings. The van der Waals surface area contributed by atoms with Crippen molar-refractivity contribution in [2.24, 2.45) is 0 Å². The van der Waals surface area contributed by atoms with Gasteiger partial charge in [0.25, 0.3) is 0 Å². The van der Waals surface area contributed by atoms with Crippen LogP contribution in [0.1, 0.15) is 10.4 Å². The summed E-state index contributed by atoms with van der Waals surface area (Å²) in [5.74, 6) is -0.0999. The summed E-state index contributed by atoms with van der Waals surface area (Å²) in [5.41, 5.74) is 0.897. The summed E-state index contributed by atoms with van der Waals surface area (Å²) in [5, 5.41) is 0. The van der Waals surface area contributed by atoms with Gasteiger partial charge in [-0.25, -0.2) is 4.39 Å². The van der Waals surface area contributed by atoms with Gasteiger partial charge < -0.3 is 4.90 Å². The third-order valence-corrected chi connectivity index (χ3v) is 3.99. The molecule has 0 N–H and O–H groups in total. The van der Waals surface area contributed by atoms with Crippen LogP contribution in [0.25, 0.3) is 0 Å². The number of hydrogen-bond donors (Lipinski definition) is 0. The van der Waals surface area contributed by atoms with Crippen molar-refractivity contribution in [1.82, 2.24) is 4.90 Å². The molecule has 0 aliphatic carbocycles. The van der Waals surface area contributed by atoms with Crippen LogP contribution in [0, 0.1) is 5.82 Å². The number of ketones is 1. The Bertz CT molecular complexity index is 468. The van der Waals surface area contributed by atoms with E-state index in [2.05, 4.69) is 6.58 Å². The molecule has 0 bridgehead atoms. The third-order valence-electron chi connectivity index (χ3n) is 2.16. The van der Waals surface area contributed by atoms with Crippen molar-refractivity contribution in [3.8, 4) is 0 Å². The van der Waals surface area contributed by atoms with Crippen molar-refractivity contribution in [1.29, 1.82) is 0 Å². The molecule has 0 spiro atoms. The van der Waals surface area contributed by atoms with Gasteiger partial charge in [0.1, 0.15) is 10.1 Å². The topological polar surface area (TPSA) is 20.3 Å². The summed E-state index contributed by atoms with van der Waals surface area (Å²) in [6, 6.07) is 5.44. The van der Waals surface area contributed by atoms with Crippen LogP contribution in [0.15, 0.2) is 36.4 Å². The minimum absolute atomic E-state index is 0.177. The predicted molar refractivity (Wildman–Crippen MR) is 78.6 cm³/mol. The maximum absolute atomic E-state index is 12.7. The molecule has 5 heteroatoms. The maximum Gasteiger partial charge on any atom is 0.189 e. The molecule has 0 aliphatic heterocycles. The lowest BCUT2D eigenvalue weighted by Crippen LogP contribution is -2.17. The van der Waals surface area contributed by atoms with Gasteiger partial charge in [-0.05, 0) is 24.3 Å². The molecule has 2 nitrogen and oxygen atoms in total. The van der Waals surface area contributed by atoms with Gasteiger partial charge in [-0.1, -0.05) is 30.6 Å². The highest BCUT2D eigenvalue weighted by molar-refractivity contribution is 8.23. The summed E-state index contributed by atoms with van der Waals surface area (Å²) in [4.78, 5) is 13.7. The van der Waals surface area contributed by atoms with Gasteiger partial charge in [-0.3, -0.25) is 4.79 Å². The standard InChI is InChI=1S/C13H14FNOS2/c1-9(8-18-13(17)15(2)3)12(16)10-4-6-11(14)7-5-10/h4-7H,1,8H2,2-3H3. The highest BCUT2D eigenvalue weighted by atomic mass is 32.2. The van der Waals surface area contributed by atoms with Gasteiger partial charge in [0.05, 0.1) is 0 Å². The van der Waals surface area contributed by atoms with E-state index in [1.165, 1.54) is 36.0 Å². The lowest BCUT2D eigenvalue weighted by atomic mass is 10.1. The molecule has 0 saturated heterocycles. The average molecular weight is 283 g/mol. The molecule has 18 heavy (non-hydrogen) atoms. The Morgan fingerprint density at radius 2 is 1.94 bits per heavy atom. The van der Waals surface area contributed by atoms with E-state index in [4.69, 9.17) is 12.2 Å². The van der Waals surface area contributed by atoms with Crippen molar-refractivity contribution >= 4 is 34.1 Å². The highest BCUT2D eigenvalue weighted by Crippen LogP contribution is 2.15. The molecule has 96 valence electrons. The number of benzene rings is 1. The van der Waals surface area contributed by atoms with E-state index in [0.717, 1.165) is 0 Å². The average Bonchev–Trinajstić information content (AvgIpc) is 2.35. The number of rotatable bonds is 4. The Balaban J connectivity index is 2.59. The van der Waals surface area contributed by atoms with Gasteiger partial charge in [0, 0.05) is 31.0 Å². The number of carbonyl (C=O) groups excluding carboxylic acids is 1. The Hall–Kier alpha value is -1.20. The molecule has 0 heterocycles. The predicted octanol–water partition coefficient (Wildman–Crippen LogP) is 3.14. The first-order valence-electron chi connectivity index (χ1n) is 5.24. The molecule has 0 amide bonds. The van der Waals surface area contributed by atoms with E-state index in [1.807, 2.05) is 14.1 Å². The summed E-state index contributed by atoms with van der Waals surface area (Å²) in [6.45, 7) is 3.74. The Kier molecular flexibility index (Phi) is 5.50. The zero-order valence-corrected chi connectivity index (χ0v) is 11.9. The lowest BCUT2D eigenvalue weighted by Gasteiger charge is -2.13. The summed E-state index contributed by atoms with van der Waals surface area (Å²) < 4.78 is 13.4. The van der Waals surface area contributed by atoms with Crippen molar-refractivity contribution in [2.45, 2.75) is 0 Å². The molecule has 0 saturated carbocycles. The molecule has 0 radical (unpaired) electrons. The fourth-order valence-corrected chi connectivity index (χ4v) is 2.01. The first-order valence-corrected chi connectivity index (χ1v) is 6.63. The van der Waals surface area contributed by atoms with Gasteiger partial charge in [0.2, 0.25) is 0 Å². The maximum atomic E-state index is 12.7. The molecule has 0 aromatic heterocycles. The van der Waals surface area contributed by atoms with E-state index in [9.17, 15) is 9.18 Å². The Morgan fingerprint density at radius 3 is 2.44 bits per heavy atom. The van der Waals surface area contributed by atoms with Gasteiger partial charge in [-0.2, -0.15) is 0 Å². The first kappa shape index (κ1) is 14.9. The van der Waals surface area contributed by atoms with Gasteiger partial charge in [0.15, 0.2) is 5.78 Å². The van der Waals surface area contributed by atoms with Crippen molar-refractivity contribution in [3.05, 3.63) is 47.8 Å². The minimum atomic E-state index is -0.361. The van der Waals surface area contributed by atoms with Gasteiger partial charge >= 0.3 is 0 Å². The third kappa shape index (κ3) is 4.23. The number of carbonyl (C=O) groups is 1. The normalized spacial score (nSPS) is 9.94. The van der Waals surface area contributed by atoms with Gasteiger partial charge in [-0.15, -0.1) is 0 Å². The highest BCUT2D eigenvalue weighted by Gasteiger charge is 2.11. The van der Waals surface area contributed by atoms with Crippen LogP contribution >= 0.6 is 24.0 Å². The smallest absolute Gasteiger partial charge is 0.189 e. The van der Waals surface area contributed by atoms with Crippen molar-refractivity contribution in [2.75, 3.05) is 19.8 Å². The second-order valence-corrected chi connectivity index (χ2v) is 5.50. The molecular weight excluding hydrogens is 269 g/mol. The monoisotopic (exact) mass is 283 g/mol. The Morgan fingerprint density at radius 1 is 1.39 bits per heavy atom. The second-order valence-electron chi connectivity index (χ2n) is 3.89. The zero-order chi connectivity index (χ0) is 13.7. The van der Waals surface area contributed by atoms with E-state index in [0.29, 0.717) is 21.2 Å². The summed E-state index contributed by atoms with van der Waals surface area (Å²) >= 11 is 6.49. The van der Waals surface area contributed by atoms with E-state index < -0.39 is 0 Å². The lowest BCUT2D eigenvalue weighted by molar-refractivity contribution is 0.103. The van der Waals surface area contributed by atoms with Crippen molar-refractivity contribution < 1.29 is 9.18 Å². The molecule has 1 aromatic carbocycles. The fourth-order valence-electron chi connectivity index (χ4n) is 1.15. The molecular formula is C13H14FNOS2. The number of nitrogens with zero attached hydrogens (tertiary/aromatic N) is 1. The SMILES string of the molecule is C=C(CSC(=S)N(C)C)C(=O)c1ccc(F)cc1. The first-order chi connectivity index (χ1) is 8.41. The number of halogens is 1. The van der Waals surface area contributed by atoms with Crippen LogP contribution < -0.4 is 0 Å². The number of hydrogen-bond acceptors (Lipinski definition) is 3. The zero-order valence-electron chi connectivity index (χ0n) is 10.3. The molecule has 0 unspecified atom stereocenters.